The van der Waals surface area contributed by atoms with E-state index < -0.39 is 63.8 Å². The fourth-order valence-corrected chi connectivity index (χ4v) is 7.08. The van der Waals surface area contributed by atoms with Crippen LogP contribution in [0.15, 0.2) is 42.5 Å². The SMILES string of the molecule is Cn1nc(NS(C)(=O)=O)c2c(Cl)ccc(-c3ccc(C#CC(C)(C)O)nc3C(Cc3cc(F)cc(F)c3)NC(=O)Cn3nc(N)c4c3C(F)(F)CC4)c21. The number of aliphatic hydroxyl groups is 1. The van der Waals surface area contributed by atoms with Crippen molar-refractivity contribution in [3.05, 3.63) is 87.3 Å². The zero-order chi connectivity index (χ0) is 38.6. The number of nitrogen functional groups attached to an aromatic ring is 1. The summed E-state index contributed by atoms with van der Waals surface area (Å²) in [6.07, 6.45) is 0.203. The number of benzene rings is 2. The van der Waals surface area contributed by atoms with Crippen molar-refractivity contribution in [3.8, 4) is 23.0 Å². The molecule has 0 bridgehead atoms. The van der Waals surface area contributed by atoms with Crippen LogP contribution in [0, 0.1) is 23.5 Å². The number of alkyl halides is 2. The molecule has 278 valence electrons. The molecule has 6 rings (SSSR count). The van der Waals surface area contributed by atoms with E-state index in [-0.39, 0.29) is 57.4 Å². The molecular weight excluding hydrogens is 740 g/mol. The third kappa shape index (κ3) is 8.09. The molecule has 2 aromatic carbocycles. The van der Waals surface area contributed by atoms with Crippen LogP contribution in [-0.4, -0.2) is 55.8 Å². The number of halogens is 5. The standard InChI is InChI=1S/C35H33ClF4N8O4S/c1-34(2,50)11-9-21-5-6-22(23-7-8-25(36)28-30(23)47(3)45-33(28)46-53(4,51)52)29(42-21)26(15-18-13-19(37)16-20(38)14-18)43-27(49)17-48-31-24(32(41)44-48)10-12-35(31,39)40/h5-8,13-14,16,26,50H,10,12,15,17H2,1-4H3,(H2,41,44)(H,43,49)(H,45,46). The summed E-state index contributed by atoms with van der Waals surface area (Å²) in [6.45, 7) is 2.26. The lowest BCUT2D eigenvalue weighted by Gasteiger charge is -2.23. The summed E-state index contributed by atoms with van der Waals surface area (Å²) in [4.78, 5) is 18.5. The molecule has 5 N–H and O–H groups in total. The van der Waals surface area contributed by atoms with Gasteiger partial charge in [-0.1, -0.05) is 23.6 Å². The highest BCUT2D eigenvalue weighted by molar-refractivity contribution is 7.92. The van der Waals surface area contributed by atoms with Crippen molar-refractivity contribution >= 4 is 50.1 Å². The first-order valence-electron chi connectivity index (χ1n) is 16.1. The number of amides is 1. The minimum atomic E-state index is -3.79. The molecule has 0 fully saturated rings. The second-order valence-electron chi connectivity index (χ2n) is 13.3. The molecule has 53 heavy (non-hydrogen) atoms. The van der Waals surface area contributed by atoms with Gasteiger partial charge in [-0.2, -0.15) is 19.0 Å². The van der Waals surface area contributed by atoms with Crippen LogP contribution in [0.4, 0.5) is 29.2 Å². The van der Waals surface area contributed by atoms with E-state index >= 15 is 0 Å². The highest BCUT2D eigenvalue weighted by atomic mass is 35.5. The summed E-state index contributed by atoms with van der Waals surface area (Å²) in [5.41, 5.74) is 5.67. The normalized spacial score (nSPS) is 14.5. The monoisotopic (exact) mass is 772 g/mol. The number of nitrogens with zero attached hydrogens (tertiary/aromatic N) is 5. The number of sulfonamides is 1. The van der Waals surface area contributed by atoms with E-state index in [2.05, 4.69) is 32.1 Å². The third-order valence-corrected chi connectivity index (χ3v) is 9.25. The van der Waals surface area contributed by atoms with Crippen molar-refractivity contribution < 1.29 is 35.9 Å². The molecule has 1 aliphatic carbocycles. The molecule has 0 saturated heterocycles. The highest BCUT2D eigenvalue weighted by Gasteiger charge is 2.45. The Kier molecular flexibility index (Phi) is 9.69. The molecule has 1 aliphatic rings. The van der Waals surface area contributed by atoms with E-state index in [0.717, 1.165) is 23.1 Å². The van der Waals surface area contributed by atoms with Crippen LogP contribution in [0.2, 0.25) is 5.02 Å². The lowest BCUT2D eigenvalue weighted by atomic mass is 9.93. The first-order chi connectivity index (χ1) is 24.7. The molecule has 18 heteroatoms. The van der Waals surface area contributed by atoms with Crippen LogP contribution >= 0.6 is 11.6 Å². The Bertz CT molecular complexity index is 2450. The first kappa shape index (κ1) is 37.6. The lowest BCUT2D eigenvalue weighted by molar-refractivity contribution is -0.122. The predicted molar refractivity (Wildman–Crippen MR) is 190 cm³/mol. The maximum absolute atomic E-state index is 14.9. The summed E-state index contributed by atoms with van der Waals surface area (Å²) in [6, 6.07) is 7.93. The molecule has 0 spiro atoms. The van der Waals surface area contributed by atoms with E-state index in [9.17, 15) is 35.9 Å². The zero-order valence-corrected chi connectivity index (χ0v) is 30.3. The summed E-state index contributed by atoms with van der Waals surface area (Å²) < 4.78 is 87.7. The Morgan fingerprint density at radius 1 is 1.13 bits per heavy atom. The van der Waals surface area contributed by atoms with Crippen LogP contribution in [0.5, 0.6) is 0 Å². The number of fused-ring (bicyclic) bond motifs is 2. The maximum Gasteiger partial charge on any atom is 0.290 e. The van der Waals surface area contributed by atoms with Crippen molar-refractivity contribution in [3.63, 3.8) is 0 Å². The van der Waals surface area contributed by atoms with Crippen LogP contribution in [-0.2, 0) is 47.2 Å². The summed E-state index contributed by atoms with van der Waals surface area (Å²) in [5, 5.41) is 21.8. The molecule has 0 aliphatic heterocycles. The second kappa shape index (κ2) is 13.7. The van der Waals surface area contributed by atoms with Gasteiger partial charge >= 0.3 is 0 Å². The van der Waals surface area contributed by atoms with Crippen molar-refractivity contribution in [2.24, 2.45) is 7.05 Å². The minimum absolute atomic E-state index is 0.0136. The maximum atomic E-state index is 14.9. The molecule has 0 radical (unpaired) electrons. The Labute approximate surface area is 306 Å². The van der Waals surface area contributed by atoms with Crippen LogP contribution in [0.1, 0.15) is 54.5 Å². The third-order valence-electron chi connectivity index (χ3n) is 8.37. The van der Waals surface area contributed by atoms with Gasteiger partial charge in [-0.05, 0) is 68.5 Å². The number of rotatable bonds is 9. The zero-order valence-electron chi connectivity index (χ0n) is 28.7. The number of aromatic nitrogens is 5. The molecular formula is C35H33ClF4N8O4S. The van der Waals surface area contributed by atoms with Crippen LogP contribution in [0.3, 0.4) is 0 Å². The van der Waals surface area contributed by atoms with E-state index in [1.54, 1.807) is 25.2 Å². The number of pyridine rings is 1. The van der Waals surface area contributed by atoms with Crippen LogP contribution in [0.25, 0.3) is 22.0 Å². The number of carbonyl (C=O) groups is 1. The van der Waals surface area contributed by atoms with Gasteiger partial charge in [0.1, 0.15) is 41.0 Å². The van der Waals surface area contributed by atoms with E-state index in [1.165, 1.54) is 24.6 Å². The summed E-state index contributed by atoms with van der Waals surface area (Å²) in [5.74, 6) is -0.545. The average Bonchev–Trinajstić information content (AvgIpc) is 3.65. The lowest BCUT2D eigenvalue weighted by Crippen LogP contribution is -2.35. The summed E-state index contributed by atoms with van der Waals surface area (Å²) in [7, 11) is -2.23. The van der Waals surface area contributed by atoms with Crippen molar-refractivity contribution in [1.82, 2.24) is 29.9 Å². The molecule has 0 saturated carbocycles. The Morgan fingerprint density at radius 2 is 1.81 bits per heavy atom. The number of nitrogens with one attached hydrogen (secondary N) is 2. The van der Waals surface area contributed by atoms with E-state index in [1.807, 2.05) is 0 Å². The van der Waals surface area contributed by atoms with Gasteiger partial charge in [-0.15, -0.1) is 0 Å². The van der Waals surface area contributed by atoms with Crippen molar-refractivity contribution in [2.45, 2.75) is 57.2 Å². The quantitative estimate of drug-likeness (QED) is 0.120. The largest absolute Gasteiger partial charge is 0.382 e. The van der Waals surface area contributed by atoms with Gasteiger partial charge in [0.15, 0.2) is 5.82 Å². The van der Waals surface area contributed by atoms with E-state index in [4.69, 9.17) is 22.3 Å². The minimum Gasteiger partial charge on any atom is -0.382 e. The molecule has 12 nitrogen and oxygen atoms in total. The van der Waals surface area contributed by atoms with Gasteiger partial charge in [0.05, 0.1) is 33.9 Å². The number of hydrogen-bond donors (Lipinski definition) is 4. The second-order valence-corrected chi connectivity index (χ2v) is 15.4. The predicted octanol–water partition coefficient (Wildman–Crippen LogP) is 4.98. The number of nitrogens with two attached hydrogens (primary N) is 1. The summed E-state index contributed by atoms with van der Waals surface area (Å²) >= 11 is 6.58. The molecule has 5 aromatic rings. The van der Waals surface area contributed by atoms with Crippen LogP contribution < -0.4 is 15.8 Å². The van der Waals surface area contributed by atoms with Gasteiger partial charge in [-0.3, -0.25) is 18.9 Å². The number of hydrogen-bond acceptors (Lipinski definition) is 8. The van der Waals surface area contributed by atoms with Gasteiger partial charge in [0.25, 0.3) is 5.92 Å². The van der Waals surface area contributed by atoms with E-state index in [0.29, 0.717) is 22.7 Å². The first-order valence-corrected chi connectivity index (χ1v) is 18.3. The topological polar surface area (TPSA) is 170 Å². The number of aryl methyl sites for hydroxylation is 1. The fourth-order valence-electron chi connectivity index (χ4n) is 6.34. The fraction of sp³-hybridized carbons (Fsp3) is 0.314. The molecule has 1 amide bonds. The molecule has 1 atom stereocenters. The number of anilines is 2. The molecule has 3 aromatic heterocycles. The molecule has 3 heterocycles. The van der Waals surface area contributed by atoms with Gasteiger partial charge in [0.2, 0.25) is 15.9 Å². The molecule has 1 unspecified atom stereocenters. The van der Waals surface area contributed by atoms with Gasteiger partial charge < -0.3 is 16.2 Å². The van der Waals surface area contributed by atoms with Gasteiger partial charge in [0, 0.05) is 36.2 Å². The Hall–Kier alpha value is -5.18. The highest BCUT2D eigenvalue weighted by Crippen LogP contribution is 2.44. The Morgan fingerprint density at radius 3 is 2.47 bits per heavy atom. The van der Waals surface area contributed by atoms with Crippen molar-refractivity contribution in [2.75, 3.05) is 16.7 Å². The van der Waals surface area contributed by atoms with Gasteiger partial charge in [-0.25, -0.2) is 22.2 Å². The average molecular weight is 773 g/mol. The number of carbonyl (C=O) groups excluding carboxylic acids is 1. The van der Waals surface area contributed by atoms with Crippen molar-refractivity contribution in [1.29, 1.82) is 0 Å². The Balaban J connectivity index is 1.54. The smallest absolute Gasteiger partial charge is 0.290 e.